The van der Waals surface area contributed by atoms with Gasteiger partial charge in [0.05, 0.1) is 0 Å². The molecule has 1 unspecified atom stereocenters. The molecule has 5 nitrogen and oxygen atoms in total. The second-order valence-electron chi connectivity index (χ2n) is 5.89. The lowest BCUT2D eigenvalue weighted by molar-refractivity contribution is 0.0314. The first-order valence-corrected chi connectivity index (χ1v) is 7.64. The quantitative estimate of drug-likeness (QED) is 0.636. The number of benzene rings is 1. The van der Waals surface area contributed by atoms with E-state index >= 15 is 0 Å². The smallest absolute Gasteiger partial charge is 0.342 e. The Hall–Kier alpha value is -2.69. The van der Waals surface area contributed by atoms with E-state index in [4.69, 9.17) is 9.15 Å². The fourth-order valence-corrected chi connectivity index (χ4v) is 2.47. The zero-order valence-corrected chi connectivity index (χ0v) is 14.4. The lowest BCUT2D eigenvalue weighted by atomic mass is 10.0. The van der Waals surface area contributed by atoms with Gasteiger partial charge in [0.15, 0.2) is 6.10 Å². The summed E-state index contributed by atoms with van der Waals surface area (Å²) >= 11 is 0. The van der Waals surface area contributed by atoms with Crippen molar-refractivity contribution in [2.45, 2.75) is 40.7 Å². The fourth-order valence-electron chi connectivity index (χ4n) is 2.47. The van der Waals surface area contributed by atoms with Crippen molar-refractivity contribution in [1.82, 2.24) is 0 Å². The van der Waals surface area contributed by atoms with Crippen LogP contribution in [0.3, 0.4) is 0 Å². The van der Waals surface area contributed by atoms with E-state index in [2.05, 4.69) is 0 Å². The molecular formula is C19H20O5. The summed E-state index contributed by atoms with van der Waals surface area (Å²) in [6, 6.07) is 6.57. The third-order valence-electron chi connectivity index (χ3n) is 3.98. The van der Waals surface area contributed by atoms with Gasteiger partial charge in [-0.1, -0.05) is 12.1 Å². The maximum Gasteiger partial charge on any atom is 0.342 e. The number of carbonyl (C=O) groups is 2. The lowest BCUT2D eigenvalue weighted by Gasteiger charge is -2.14. The van der Waals surface area contributed by atoms with Gasteiger partial charge in [-0.3, -0.25) is 4.79 Å². The van der Waals surface area contributed by atoms with Gasteiger partial charge in [-0.2, -0.15) is 0 Å². The molecule has 5 heteroatoms. The molecule has 2 aromatic rings. The molecule has 0 bridgehead atoms. The topological polar surface area (TPSA) is 73.6 Å². The van der Waals surface area contributed by atoms with E-state index in [1.807, 2.05) is 19.9 Å². The van der Waals surface area contributed by atoms with E-state index in [-0.39, 0.29) is 17.1 Å². The number of esters is 1. The average molecular weight is 328 g/mol. The molecule has 0 spiro atoms. The highest BCUT2D eigenvalue weighted by Gasteiger charge is 2.23. The molecule has 1 aromatic heterocycles. The van der Waals surface area contributed by atoms with Crippen LogP contribution in [0.4, 0.5) is 0 Å². The van der Waals surface area contributed by atoms with E-state index in [9.17, 15) is 14.4 Å². The molecule has 0 amide bonds. The van der Waals surface area contributed by atoms with Crippen LogP contribution in [0.2, 0.25) is 0 Å². The number of rotatable bonds is 4. The van der Waals surface area contributed by atoms with Gasteiger partial charge in [0, 0.05) is 11.6 Å². The second kappa shape index (κ2) is 6.83. The summed E-state index contributed by atoms with van der Waals surface area (Å²) in [6.45, 7) is 8.54. The summed E-state index contributed by atoms with van der Waals surface area (Å²) in [4.78, 5) is 36.1. The molecule has 1 aromatic carbocycles. The Labute approximate surface area is 140 Å². The first-order chi connectivity index (χ1) is 11.2. The highest BCUT2D eigenvalue weighted by Crippen LogP contribution is 2.16. The van der Waals surface area contributed by atoms with Gasteiger partial charge in [-0.25, -0.2) is 9.59 Å². The van der Waals surface area contributed by atoms with Gasteiger partial charge in [0.2, 0.25) is 5.78 Å². The van der Waals surface area contributed by atoms with Crippen molar-refractivity contribution >= 4 is 11.8 Å². The van der Waals surface area contributed by atoms with Crippen molar-refractivity contribution in [1.29, 1.82) is 0 Å². The Morgan fingerprint density at radius 2 is 1.67 bits per heavy atom. The Morgan fingerprint density at radius 3 is 2.25 bits per heavy atom. The highest BCUT2D eigenvalue weighted by atomic mass is 16.5. The monoisotopic (exact) mass is 328 g/mol. The molecule has 0 N–H and O–H groups in total. The number of carbonyl (C=O) groups excluding carboxylic acids is 2. The molecule has 0 saturated heterocycles. The van der Waals surface area contributed by atoms with Crippen molar-refractivity contribution in [3.63, 3.8) is 0 Å². The Bertz CT molecular complexity index is 834. The van der Waals surface area contributed by atoms with Gasteiger partial charge in [0.25, 0.3) is 0 Å². The normalized spacial score (nSPS) is 11.9. The van der Waals surface area contributed by atoms with Crippen LogP contribution in [-0.2, 0) is 4.74 Å². The van der Waals surface area contributed by atoms with Gasteiger partial charge in [0.1, 0.15) is 11.3 Å². The van der Waals surface area contributed by atoms with Crippen LogP contribution >= 0.6 is 0 Å². The van der Waals surface area contributed by atoms with E-state index in [1.54, 1.807) is 19.1 Å². The third-order valence-corrected chi connectivity index (χ3v) is 3.98. The summed E-state index contributed by atoms with van der Waals surface area (Å²) in [5.41, 5.74) is 2.68. The molecule has 1 heterocycles. The number of aryl methyl sites for hydroxylation is 4. The van der Waals surface area contributed by atoms with Crippen molar-refractivity contribution in [3.05, 3.63) is 68.3 Å². The molecule has 2 rings (SSSR count). The maximum absolute atomic E-state index is 12.4. The van der Waals surface area contributed by atoms with Crippen LogP contribution in [0.5, 0.6) is 0 Å². The SMILES string of the molecule is Cc1ccc(C(=O)C(C)OC(=O)c2c(C)cc(=O)oc2C)cc1C. The number of hydrogen-bond donors (Lipinski definition) is 0. The summed E-state index contributed by atoms with van der Waals surface area (Å²) in [5, 5.41) is 0. The Kier molecular flexibility index (Phi) is 5.02. The van der Waals surface area contributed by atoms with Crippen molar-refractivity contribution in [2.75, 3.05) is 0 Å². The number of hydrogen-bond acceptors (Lipinski definition) is 5. The molecule has 1 atom stereocenters. The predicted molar refractivity (Wildman–Crippen MR) is 89.6 cm³/mol. The van der Waals surface area contributed by atoms with Crippen LogP contribution in [0.15, 0.2) is 33.5 Å². The minimum Gasteiger partial charge on any atom is -0.451 e. The summed E-state index contributed by atoms with van der Waals surface area (Å²) in [5.74, 6) is -0.784. The molecule has 0 saturated carbocycles. The molecule has 0 aliphatic rings. The summed E-state index contributed by atoms with van der Waals surface area (Å²) in [6.07, 6.45) is -0.940. The van der Waals surface area contributed by atoms with Crippen LogP contribution in [0.25, 0.3) is 0 Å². The van der Waals surface area contributed by atoms with E-state index in [0.717, 1.165) is 11.1 Å². The molecule has 0 radical (unpaired) electrons. The minimum atomic E-state index is -0.940. The van der Waals surface area contributed by atoms with Crippen LogP contribution in [0, 0.1) is 27.7 Å². The second-order valence-corrected chi connectivity index (χ2v) is 5.89. The fraction of sp³-hybridized carbons (Fsp3) is 0.316. The largest absolute Gasteiger partial charge is 0.451 e. The number of ether oxygens (including phenoxy) is 1. The number of ketones is 1. The zero-order valence-electron chi connectivity index (χ0n) is 14.4. The number of Topliss-reactive ketones (excluding diaryl/α,β-unsaturated/α-hetero) is 1. The summed E-state index contributed by atoms with van der Waals surface area (Å²) in [7, 11) is 0. The van der Waals surface area contributed by atoms with E-state index in [0.29, 0.717) is 11.1 Å². The molecule has 0 aliphatic carbocycles. The van der Waals surface area contributed by atoms with Crippen LogP contribution in [0.1, 0.15) is 50.1 Å². The average Bonchev–Trinajstić information content (AvgIpc) is 2.48. The molecule has 126 valence electrons. The van der Waals surface area contributed by atoms with Gasteiger partial charge in [-0.15, -0.1) is 0 Å². The van der Waals surface area contributed by atoms with Crippen LogP contribution in [-0.4, -0.2) is 17.9 Å². The molecule has 0 fully saturated rings. The molecule has 24 heavy (non-hydrogen) atoms. The zero-order chi connectivity index (χ0) is 18.0. The maximum atomic E-state index is 12.4. The third kappa shape index (κ3) is 3.62. The van der Waals surface area contributed by atoms with Gasteiger partial charge >= 0.3 is 11.6 Å². The minimum absolute atomic E-state index is 0.175. The van der Waals surface area contributed by atoms with E-state index < -0.39 is 17.7 Å². The Morgan fingerprint density at radius 1 is 1.00 bits per heavy atom. The van der Waals surface area contributed by atoms with Crippen molar-refractivity contribution in [2.24, 2.45) is 0 Å². The summed E-state index contributed by atoms with van der Waals surface area (Å²) < 4.78 is 10.2. The van der Waals surface area contributed by atoms with E-state index in [1.165, 1.54) is 19.9 Å². The molecular weight excluding hydrogens is 308 g/mol. The first kappa shape index (κ1) is 17.7. The Balaban J connectivity index is 2.21. The predicted octanol–water partition coefficient (Wildman–Crippen LogP) is 3.30. The standard InChI is InChI=1S/C19H20O5/c1-10-6-7-15(8-11(10)2)18(21)14(5)24-19(22)17-12(3)9-16(20)23-13(17)4/h6-9,14H,1-5H3. The highest BCUT2D eigenvalue weighted by molar-refractivity contribution is 6.01. The van der Waals surface area contributed by atoms with Crippen molar-refractivity contribution in [3.8, 4) is 0 Å². The molecule has 0 aliphatic heterocycles. The lowest BCUT2D eigenvalue weighted by Crippen LogP contribution is -2.25. The first-order valence-electron chi connectivity index (χ1n) is 7.64. The van der Waals surface area contributed by atoms with Crippen LogP contribution < -0.4 is 5.63 Å². The van der Waals surface area contributed by atoms with Gasteiger partial charge < -0.3 is 9.15 Å². The van der Waals surface area contributed by atoms with Gasteiger partial charge in [-0.05, 0) is 57.4 Å². The van der Waals surface area contributed by atoms with Crippen molar-refractivity contribution < 1.29 is 18.7 Å².